The zero-order chi connectivity index (χ0) is 23.3. The smallest absolute Gasteiger partial charge is 0.239 e. The molecule has 33 heavy (non-hydrogen) atoms. The van der Waals surface area contributed by atoms with Crippen LogP contribution in [0.2, 0.25) is 0 Å². The Hall–Kier alpha value is -3.27. The molecule has 0 radical (unpaired) electrons. The topological polar surface area (TPSA) is 87.5 Å². The van der Waals surface area contributed by atoms with Crippen LogP contribution in [-0.2, 0) is 14.8 Å². The van der Waals surface area contributed by atoms with Crippen LogP contribution in [0.15, 0.2) is 72.1 Å². The maximum absolute atomic E-state index is 12.7. The van der Waals surface area contributed by atoms with Gasteiger partial charge < -0.3 is 5.32 Å². The summed E-state index contributed by atoms with van der Waals surface area (Å²) in [6, 6.07) is 20.8. The SMILES string of the molecule is Cc1cc(NC(=O)CN2CCN(S(=O)(=O)C=Cc3ccccc3)CC2)n(-c2ccccc2)n1. The molecule has 4 rings (SSSR count). The zero-order valence-corrected chi connectivity index (χ0v) is 19.3. The Labute approximate surface area is 194 Å². The summed E-state index contributed by atoms with van der Waals surface area (Å²) in [7, 11) is -3.50. The number of hydrogen-bond donors (Lipinski definition) is 1. The summed E-state index contributed by atoms with van der Waals surface area (Å²) in [5, 5.41) is 8.65. The molecule has 1 fully saturated rings. The number of para-hydroxylation sites is 1. The molecule has 0 saturated carbocycles. The molecule has 0 atom stereocenters. The van der Waals surface area contributed by atoms with E-state index in [0.29, 0.717) is 32.0 Å². The van der Waals surface area contributed by atoms with Crippen molar-refractivity contribution in [3.8, 4) is 5.69 Å². The summed E-state index contributed by atoms with van der Waals surface area (Å²) in [4.78, 5) is 14.6. The van der Waals surface area contributed by atoms with Crippen LogP contribution >= 0.6 is 0 Å². The Kier molecular flexibility index (Phi) is 7.02. The predicted octanol–water partition coefficient (Wildman–Crippen LogP) is 2.74. The van der Waals surface area contributed by atoms with Crippen LogP contribution in [0, 0.1) is 6.92 Å². The molecule has 172 valence electrons. The summed E-state index contributed by atoms with van der Waals surface area (Å²) < 4.78 is 28.4. The highest BCUT2D eigenvalue weighted by molar-refractivity contribution is 7.92. The monoisotopic (exact) mass is 465 g/mol. The summed E-state index contributed by atoms with van der Waals surface area (Å²) in [6.07, 6.45) is 1.60. The van der Waals surface area contributed by atoms with E-state index in [2.05, 4.69) is 10.4 Å². The number of rotatable bonds is 7. The molecule has 9 heteroatoms. The summed E-state index contributed by atoms with van der Waals surface area (Å²) in [6.45, 7) is 3.73. The van der Waals surface area contributed by atoms with Crippen LogP contribution in [0.4, 0.5) is 5.82 Å². The van der Waals surface area contributed by atoms with Crippen molar-refractivity contribution in [3.05, 3.63) is 83.4 Å². The second kappa shape index (κ2) is 10.1. The molecule has 0 bridgehead atoms. The summed E-state index contributed by atoms with van der Waals surface area (Å²) in [5.74, 6) is 0.448. The molecule has 1 amide bonds. The molecule has 1 saturated heterocycles. The number of aromatic nitrogens is 2. The number of aryl methyl sites for hydroxylation is 1. The minimum Gasteiger partial charge on any atom is -0.309 e. The first kappa shape index (κ1) is 22.9. The fourth-order valence-electron chi connectivity index (χ4n) is 3.70. The van der Waals surface area contributed by atoms with Crippen molar-refractivity contribution >= 4 is 27.8 Å². The molecule has 1 aromatic heterocycles. The maximum Gasteiger partial charge on any atom is 0.239 e. The van der Waals surface area contributed by atoms with Crippen molar-refractivity contribution in [3.63, 3.8) is 0 Å². The van der Waals surface area contributed by atoms with Gasteiger partial charge in [-0.3, -0.25) is 9.69 Å². The molecule has 0 unspecified atom stereocenters. The first-order chi connectivity index (χ1) is 15.9. The molecular weight excluding hydrogens is 438 g/mol. The zero-order valence-electron chi connectivity index (χ0n) is 18.5. The summed E-state index contributed by atoms with van der Waals surface area (Å²) in [5.41, 5.74) is 2.50. The lowest BCUT2D eigenvalue weighted by Gasteiger charge is -2.32. The largest absolute Gasteiger partial charge is 0.309 e. The van der Waals surface area contributed by atoms with Gasteiger partial charge in [-0.15, -0.1) is 0 Å². The number of benzene rings is 2. The summed E-state index contributed by atoms with van der Waals surface area (Å²) >= 11 is 0. The first-order valence-electron chi connectivity index (χ1n) is 10.8. The fraction of sp³-hybridized carbons (Fsp3) is 0.250. The minimum atomic E-state index is -3.50. The highest BCUT2D eigenvalue weighted by Gasteiger charge is 2.26. The van der Waals surface area contributed by atoms with Crippen LogP contribution in [0.3, 0.4) is 0 Å². The van der Waals surface area contributed by atoms with Gasteiger partial charge in [0.1, 0.15) is 5.82 Å². The van der Waals surface area contributed by atoms with E-state index in [9.17, 15) is 13.2 Å². The number of amides is 1. The molecular formula is C24H27N5O3S. The van der Waals surface area contributed by atoms with Gasteiger partial charge in [-0.2, -0.15) is 9.40 Å². The first-order valence-corrected chi connectivity index (χ1v) is 12.3. The maximum atomic E-state index is 12.7. The third-order valence-corrected chi connectivity index (χ3v) is 6.96. The molecule has 1 N–H and O–H groups in total. The lowest BCUT2D eigenvalue weighted by molar-refractivity contribution is -0.117. The van der Waals surface area contributed by atoms with Crippen LogP contribution in [0.25, 0.3) is 11.8 Å². The number of carbonyl (C=O) groups is 1. The van der Waals surface area contributed by atoms with E-state index in [1.165, 1.54) is 9.71 Å². The highest BCUT2D eigenvalue weighted by atomic mass is 32.2. The molecule has 2 heterocycles. The van der Waals surface area contributed by atoms with Gasteiger partial charge in [-0.05, 0) is 30.7 Å². The normalized spacial score (nSPS) is 15.7. The third kappa shape index (κ3) is 5.95. The van der Waals surface area contributed by atoms with E-state index >= 15 is 0 Å². The van der Waals surface area contributed by atoms with Crippen molar-refractivity contribution in [2.45, 2.75) is 6.92 Å². The van der Waals surface area contributed by atoms with Gasteiger partial charge in [0.2, 0.25) is 15.9 Å². The van der Waals surface area contributed by atoms with E-state index in [4.69, 9.17) is 0 Å². The van der Waals surface area contributed by atoms with Gasteiger partial charge in [0.25, 0.3) is 0 Å². The van der Waals surface area contributed by atoms with Crippen molar-refractivity contribution in [1.29, 1.82) is 0 Å². The number of nitrogens with zero attached hydrogens (tertiary/aromatic N) is 4. The van der Waals surface area contributed by atoms with Gasteiger partial charge in [0.05, 0.1) is 17.9 Å². The lowest BCUT2D eigenvalue weighted by Crippen LogP contribution is -2.50. The average Bonchev–Trinajstić information content (AvgIpc) is 3.19. The Morgan fingerprint density at radius 1 is 1.00 bits per heavy atom. The molecule has 0 spiro atoms. The second-order valence-corrected chi connectivity index (χ2v) is 9.72. The Balaban J connectivity index is 1.32. The molecule has 1 aliphatic rings. The lowest BCUT2D eigenvalue weighted by atomic mass is 10.2. The standard InChI is InChI=1S/C24H27N5O3S/c1-20-18-23(29(26-20)22-10-6-3-7-11-22)25-24(30)19-27-13-15-28(16-14-27)33(31,32)17-12-21-8-4-2-5-9-21/h2-12,17-18H,13-16,19H2,1H3,(H,25,30). The van der Waals surface area contributed by atoms with Gasteiger partial charge in [0, 0.05) is 37.7 Å². The van der Waals surface area contributed by atoms with E-state index in [0.717, 1.165) is 16.9 Å². The molecule has 8 nitrogen and oxygen atoms in total. The van der Waals surface area contributed by atoms with Crippen molar-refractivity contribution in [2.75, 3.05) is 38.0 Å². The highest BCUT2D eigenvalue weighted by Crippen LogP contribution is 2.17. The van der Waals surface area contributed by atoms with Crippen molar-refractivity contribution < 1.29 is 13.2 Å². The average molecular weight is 466 g/mol. The van der Waals surface area contributed by atoms with Gasteiger partial charge in [0.15, 0.2) is 0 Å². The minimum absolute atomic E-state index is 0.160. The quantitative estimate of drug-likeness (QED) is 0.580. The molecule has 0 aliphatic carbocycles. The number of hydrogen-bond acceptors (Lipinski definition) is 5. The number of sulfonamides is 1. The van der Waals surface area contributed by atoms with E-state index in [-0.39, 0.29) is 12.5 Å². The fourth-order valence-corrected chi connectivity index (χ4v) is 4.87. The second-order valence-electron chi connectivity index (χ2n) is 7.90. The molecule has 1 aliphatic heterocycles. The van der Waals surface area contributed by atoms with Crippen molar-refractivity contribution in [2.24, 2.45) is 0 Å². The van der Waals surface area contributed by atoms with Gasteiger partial charge in [-0.25, -0.2) is 13.1 Å². The third-order valence-electron chi connectivity index (χ3n) is 5.39. The number of nitrogens with one attached hydrogen (secondary N) is 1. The molecule has 2 aromatic carbocycles. The van der Waals surface area contributed by atoms with Gasteiger partial charge >= 0.3 is 0 Å². The van der Waals surface area contributed by atoms with Gasteiger partial charge in [-0.1, -0.05) is 48.5 Å². The Morgan fingerprint density at radius 3 is 2.30 bits per heavy atom. The van der Waals surface area contributed by atoms with Crippen LogP contribution in [0.5, 0.6) is 0 Å². The van der Waals surface area contributed by atoms with E-state index in [1.807, 2.05) is 78.6 Å². The van der Waals surface area contributed by atoms with Crippen LogP contribution in [-0.4, -0.2) is 66.0 Å². The van der Waals surface area contributed by atoms with Crippen LogP contribution in [0.1, 0.15) is 11.3 Å². The number of piperazine rings is 1. The number of anilines is 1. The van der Waals surface area contributed by atoms with Crippen molar-refractivity contribution in [1.82, 2.24) is 19.0 Å². The Morgan fingerprint density at radius 2 is 1.64 bits per heavy atom. The van der Waals surface area contributed by atoms with Crippen LogP contribution < -0.4 is 5.32 Å². The predicted molar refractivity (Wildman–Crippen MR) is 129 cm³/mol. The van der Waals surface area contributed by atoms with E-state index < -0.39 is 10.0 Å². The Bertz CT molecular complexity index is 1220. The number of carbonyl (C=O) groups excluding carboxylic acids is 1. The molecule has 3 aromatic rings. The van der Waals surface area contributed by atoms with E-state index in [1.54, 1.807) is 10.8 Å².